The quantitative estimate of drug-likeness (QED) is 0.643. The molecule has 0 saturated carbocycles. The van der Waals surface area contributed by atoms with Crippen molar-refractivity contribution in [1.29, 1.82) is 0 Å². The van der Waals surface area contributed by atoms with Crippen LogP contribution in [0.5, 0.6) is 0 Å². The van der Waals surface area contributed by atoms with E-state index in [1.54, 1.807) is 0 Å². The summed E-state index contributed by atoms with van der Waals surface area (Å²) in [6.45, 7) is 1.91. The van der Waals surface area contributed by atoms with Gasteiger partial charge in [-0.3, -0.25) is 4.79 Å². The minimum Gasteiger partial charge on any atom is -0.438 e. The number of nitrogens with two attached hydrogens (primary N) is 1. The molecular weight excluding hydrogens is 132 g/mol. The van der Waals surface area contributed by atoms with Crippen LogP contribution in [-0.2, 0) is 6.42 Å². The standard InChI is InChI=1S/C6H8N2O2/c1-2-4-3-8-6(10-4)5(7)9/h3H,2H2,1H3,(H2,7,9). The van der Waals surface area contributed by atoms with Crippen LogP contribution in [0.25, 0.3) is 0 Å². The van der Waals surface area contributed by atoms with E-state index in [-0.39, 0.29) is 5.89 Å². The van der Waals surface area contributed by atoms with Crippen LogP contribution in [0.2, 0.25) is 0 Å². The summed E-state index contributed by atoms with van der Waals surface area (Å²) in [5.41, 5.74) is 4.89. The Morgan fingerprint density at radius 2 is 2.60 bits per heavy atom. The van der Waals surface area contributed by atoms with Crippen LogP contribution in [0, 0.1) is 0 Å². The Balaban J connectivity index is 2.88. The maximum atomic E-state index is 10.4. The lowest BCUT2D eigenvalue weighted by atomic mass is 10.4. The second-order valence-electron chi connectivity index (χ2n) is 1.85. The molecular formula is C6H8N2O2. The first-order valence-corrected chi connectivity index (χ1v) is 2.98. The van der Waals surface area contributed by atoms with Gasteiger partial charge in [-0.2, -0.15) is 0 Å². The van der Waals surface area contributed by atoms with Crippen molar-refractivity contribution in [3.63, 3.8) is 0 Å². The molecule has 1 amide bonds. The maximum absolute atomic E-state index is 10.4. The highest BCUT2D eigenvalue weighted by Crippen LogP contribution is 2.02. The Bertz CT molecular complexity index is 242. The molecule has 2 N–H and O–H groups in total. The van der Waals surface area contributed by atoms with E-state index in [0.717, 1.165) is 6.42 Å². The third-order valence-electron chi connectivity index (χ3n) is 1.11. The first kappa shape index (κ1) is 6.80. The minimum absolute atomic E-state index is 0.0168. The Hall–Kier alpha value is -1.32. The molecule has 0 spiro atoms. The Morgan fingerprint density at radius 3 is 2.90 bits per heavy atom. The van der Waals surface area contributed by atoms with Crippen molar-refractivity contribution in [3.05, 3.63) is 17.8 Å². The van der Waals surface area contributed by atoms with E-state index in [9.17, 15) is 4.79 Å². The second-order valence-corrected chi connectivity index (χ2v) is 1.85. The molecule has 54 valence electrons. The van der Waals surface area contributed by atoms with Crippen molar-refractivity contribution < 1.29 is 9.21 Å². The van der Waals surface area contributed by atoms with Crippen molar-refractivity contribution in [2.75, 3.05) is 0 Å². The second kappa shape index (κ2) is 2.51. The van der Waals surface area contributed by atoms with Gasteiger partial charge in [0.25, 0.3) is 5.89 Å². The summed E-state index contributed by atoms with van der Waals surface area (Å²) >= 11 is 0. The number of rotatable bonds is 2. The molecule has 0 aromatic carbocycles. The predicted molar refractivity (Wildman–Crippen MR) is 34.4 cm³/mol. The smallest absolute Gasteiger partial charge is 0.304 e. The summed E-state index contributed by atoms with van der Waals surface area (Å²) in [6.07, 6.45) is 2.22. The summed E-state index contributed by atoms with van der Waals surface area (Å²) in [4.78, 5) is 14.0. The van der Waals surface area contributed by atoms with Crippen LogP contribution < -0.4 is 5.73 Å². The highest BCUT2D eigenvalue weighted by Gasteiger charge is 2.06. The van der Waals surface area contributed by atoms with Crippen molar-refractivity contribution in [2.24, 2.45) is 5.73 Å². The molecule has 0 aliphatic rings. The number of amides is 1. The third kappa shape index (κ3) is 1.15. The van der Waals surface area contributed by atoms with Crippen LogP contribution >= 0.6 is 0 Å². The van der Waals surface area contributed by atoms with Gasteiger partial charge in [-0.25, -0.2) is 4.98 Å². The largest absolute Gasteiger partial charge is 0.438 e. The minimum atomic E-state index is -0.625. The summed E-state index contributed by atoms with van der Waals surface area (Å²) in [5.74, 6) is 0.0327. The average molecular weight is 140 g/mol. The zero-order chi connectivity index (χ0) is 7.56. The van der Waals surface area contributed by atoms with Gasteiger partial charge in [0.15, 0.2) is 0 Å². The van der Waals surface area contributed by atoms with Gasteiger partial charge in [0.1, 0.15) is 5.76 Å². The van der Waals surface area contributed by atoms with Gasteiger partial charge in [0, 0.05) is 6.42 Å². The molecule has 0 saturated heterocycles. The molecule has 4 nitrogen and oxygen atoms in total. The number of nitrogens with zero attached hydrogens (tertiary/aromatic N) is 1. The fraction of sp³-hybridized carbons (Fsp3) is 0.333. The lowest BCUT2D eigenvalue weighted by molar-refractivity contribution is 0.0965. The van der Waals surface area contributed by atoms with Gasteiger partial charge in [0.2, 0.25) is 0 Å². The van der Waals surface area contributed by atoms with Gasteiger partial charge < -0.3 is 10.2 Å². The molecule has 1 rings (SSSR count). The van der Waals surface area contributed by atoms with Crippen LogP contribution in [0.15, 0.2) is 10.6 Å². The number of aromatic nitrogens is 1. The van der Waals surface area contributed by atoms with Crippen LogP contribution in [0.1, 0.15) is 23.4 Å². The lowest BCUT2D eigenvalue weighted by Gasteiger charge is -1.84. The van der Waals surface area contributed by atoms with E-state index in [1.807, 2.05) is 6.92 Å². The summed E-state index contributed by atoms with van der Waals surface area (Å²) in [6, 6.07) is 0. The molecule has 4 heteroatoms. The molecule has 0 atom stereocenters. The summed E-state index contributed by atoms with van der Waals surface area (Å²) in [7, 11) is 0. The highest BCUT2D eigenvalue weighted by molar-refractivity contribution is 5.87. The Kier molecular flexibility index (Phi) is 1.71. The maximum Gasteiger partial charge on any atom is 0.304 e. The summed E-state index contributed by atoms with van der Waals surface area (Å²) in [5, 5.41) is 0. The van der Waals surface area contributed by atoms with E-state index in [2.05, 4.69) is 4.98 Å². The Morgan fingerprint density at radius 1 is 1.90 bits per heavy atom. The van der Waals surface area contributed by atoms with Crippen LogP contribution in [0.3, 0.4) is 0 Å². The zero-order valence-electron chi connectivity index (χ0n) is 5.63. The molecule has 0 aliphatic carbocycles. The molecule has 10 heavy (non-hydrogen) atoms. The SMILES string of the molecule is CCc1cnc(C(N)=O)o1. The van der Waals surface area contributed by atoms with E-state index >= 15 is 0 Å². The van der Waals surface area contributed by atoms with Gasteiger partial charge in [-0.1, -0.05) is 6.92 Å². The van der Waals surface area contributed by atoms with Gasteiger partial charge in [-0.05, 0) is 0 Å². The molecule has 1 aromatic heterocycles. The monoisotopic (exact) mass is 140 g/mol. The fourth-order valence-electron chi connectivity index (χ4n) is 0.585. The number of carbonyl (C=O) groups is 1. The third-order valence-corrected chi connectivity index (χ3v) is 1.11. The molecule has 0 fully saturated rings. The molecule has 0 unspecified atom stereocenters. The number of oxazole rings is 1. The van der Waals surface area contributed by atoms with E-state index in [1.165, 1.54) is 6.20 Å². The van der Waals surface area contributed by atoms with E-state index in [0.29, 0.717) is 5.76 Å². The number of primary amides is 1. The zero-order valence-corrected chi connectivity index (χ0v) is 5.63. The fourth-order valence-corrected chi connectivity index (χ4v) is 0.585. The van der Waals surface area contributed by atoms with Crippen molar-refractivity contribution in [2.45, 2.75) is 13.3 Å². The molecule has 1 heterocycles. The number of carbonyl (C=O) groups excluding carboxylic acids is 1. The van der Waals surface area contributed by atoms with E-state index < -0.39 is 5.91 Å². The lowest BCUT2D eigenvalue weighted by Crippen LogP contribution is -2.10. The van der Waals surface area contributed by atoms with Crippen LogP contribution in [0.4, 0.5) is 0 Å². The van der Waals surface area contributed by atoms with Gasteiger partial charge >= 0.3 is 5.91 Å². The molecule has 0 aliphatic heterocycles. The molecule has 0 radical (unpaired) electrons. The normalized spacial score (nSPS) is 9.70. The highest BCUT2D eigenvalue weighted by atomic mass is 16.4. The van der Waals surface area contributed by atoms with Gasteiger partial charge in [0.05, 0.1) is 6.20 Å². The van der Waals surface area contributed by atoms with Crippen LogP contribution in [-0.4, -0.2) is 10.9 Å². The predicted octanol–water partition coefficient (Wildman–Crippen LogP) is 0.336. The first-order valence-electron chi connectivity index (χ1n) is 2.98. The van der Waals surface area contributed by atoms with Crippen molar-refractivity contribution >= 4 is 5.91 Å². The number of hydrogen-bond acceptors (Lipinski definition) is 3. The first-order chi connectivity index (χ1) is 4.74. The number of hydrogen-bond donors (Lipinski definition) is 1. The topological polar surface area (TPSA) is 69.1 Å². The average Bonchev–Trinajstić information content (AvgIpc) is 2.34. The van der Waals surface area contributed by atoms with Crippen molar-refractivity contribution in [3.8, 4) is 0 Å². The summed E-state index contributed by atoms with van der Waals surface area (Å²) < 4.78 is 4.91. The van der Waals surface area contributed by atoms with Gasteiger partial charge in [-0.15, -0.1) is 0 Å². The molecule has 0 bridgehead atoms. The van der Waals surface area contributed by atoms with Crippen molar-refractivity contribution in [1.82, 2.24) is 4.98 Å². The molecule has 1 aromatic rings. The Labute approximate surface area is 58.0 Å². The number of aryl methyl sites for hydroxylation is 1. The van der Waals surface area contributed by atoms with E-state index in [4.69, 9.17) is 10.2 Å².